The molecule has 1 amide bonds. The number of nitrogens with two attached hydrogens (primary N) is 1. The highest BCUT2D eigenvalue weighted by Crippen LogP contribution is 2.25. The van der Waals surface area contributed by atoms with Crippen LogP contribution in [0.2, 0.25) is 0 Å². The van der Waals surface area contributed by atoms with Crippen molar-refractivity contribution >= 4 is 5.91 Å². The van der Waals surface area contributed by atoms with E-state index in [-0.39, 0.29) is 5.91 Å². The van der Waals surface area contributed by atoms with Crippen molar-refractivity contribution in [3.63, 3.8) is 0 Å². The summed E-state index contributed by atoms with van der Waals surface area (Å²) < 4.78 is 5.24. The molecule has 0 radical (unpaired) electrons. The summed E-state index contributed by atoms with van der Waals surface area (Å²) in [5.74, 6) is 1.57. The van der Waals surface area contributed by atoms with E-state index in [2.05, 4.69) is 9.97 Å². The first-order valence-corrected chi connectivity index (χ1v) is 7.35. The van der Waals surface area contributed by atoms with Crippen molar-refractivity contribution in [1.82, 2.24) is 14.9 Å². The standard InChI is InChI=1S/C16H20N4O2/c1-10(17)16(21)20-7-6-13-14(9-20)19-15(18-13)11-4-3-5-12(8-11)22-2/h3-5,8,10H,6-7,9,17H2,1-2H3,(H,18,19)/t10-/m1/s1. The Hall–Kier alpha value is -2.34. The molecule has 1 aromatic heterocycles. The summed E-state index contributed by atoms with van der Waals surface area (Å²) in [5.41, 5.74) is 8.66. The van der Waals surface area contributed by atoms with Crippen molar-refractivity contribution in [1.29, 1.82) is 0 Å². The maximum absolute atomic E-state index is 12.0. The van der Waals surface area contributed by atoms with Crippen LogP contribution in [-0.2, 0) is 17.8 Å². The molecule has 1 aliphatic rings. The van der Waals surface area contributed by atoms with E-state index in [1.54, 1.807) is 18.9 Å². The average molecular weight is 300 g/mol. The number of nitrogens with one attached hydrogen (secondary N) is 1. The normalized spacial score (nSPS) is 15.3. The molecule has 0 spiro atoms. The van der Waals surface area contributed by atoms with Crippen molar-refractivity contribution in [3.05, 3.63) is 35.7 Å². The number of fused-ring (bicyclic) bond motifs is 1. The van der Waals surface area contributed by atoms with Gasteiger partial charge in [-0.1, -0.05) is 12.1 Å². The maximum atomic E-state index is 12.0. The molecule has 116 valence electrons. The Morgan fingerprint density at radius 1 is 1.50 bits per heavy atom. The van der Waals surface area contributed by atoms with E-state index in [9.17, 15) is 4.79 Å². The molecule has 0 saturated carbocycles. The van der Waals surface area contributed by atoms with Crippen molar-refractivity contribution in [3.8, 4) is 17.1 Å². The van der Waals surface area contributed by atoms with Gasteiger partial charge in [0, 0.05) is 18.5 Å². The molecule has 0 unspecified atom stereocenters. The molecule has 2 aromatic rings. The molecule has 0 aliphatic carbocycles. The number of aromatic amines is 1. The van der Waals surface area contributed by atoms with Gasteiger partial charge in [-0.3, -0.25) is 4.79 Å². The van der Waals surface area contributed by atoms with Gasteiger partial charge in [-0.05, 0) is 19.1 Å². The fourth-order valence-electron chi connectivity index (χ4n) is 2.68. The number of imidazole rings is 1. The zero-order chi connectivity index (χ0) is 15.7. The molecule has 1 atom stereocenters. The molecule has 2 heterocycles. The molecule has 1 aliphatic heterocycles. The first kappa shape index (κ1) is 14.6. The number of aromatic nitrogens is 2. The molecular weight excluding hydrogens is 280 g/mol. The van der Waals surface area contributed by atoms with E-state index in [4.69, 9.17) is 10.5 Å². The predicted molar refractivity (Wildman–Crippen MR) is 83.3 cm³/mol. The Bertz CT molecular complexity index is 693. The van der Waals surface area contributed by atoms with Crippen LogP contribution in [0.5, 0.6) is 5.75 Å². The summed E-state index contributed by atoms with van der Waals surface area (Å²) in [7, 11) is 1.64. The quantitative estimate of drug-likeness (QED) is 0.895. The van der Waals surface area contributed by atoms with Crippen molar-refractivity contribution in [2.75, 3.05) is 13.7 Å². The Kier molecular flexibility index (Phi) is 3.85. The van der Waals surface area contributed by atoms with Crippen LogP contribution in [0.3, 0.4) is 0 Å². The molecule has 3 rings (SSSR count). The molecule has 1 aromatic carbocycles. The molecule has 0 bridgehead atoms. The third-order valence-corrected chi connectivity index (χ3v) is 3.88. The third kappa shape index (κ3) is 2.69. The zero-order valence-electron chi connectivity index (χ0n) is 12.8. The minimum atomic E-state index is -0.470. The van der Waals surface area contributed by atoms with Gasteiger partial charge in [0.25, 0.3) is 0 Å². The molecule has 6 heteroatoms. The number of nitrogens with zero attached hydrogens (tertiary/aromatic N) is 2. The number of benzene rings is 1. The van der Waals surface area contributed by atoms with Gasteiger partial charge in [-0.15, -0.1) is 0 Å². The summed E-state index contributed by atoms with van der Waals surface area (Å²) in [6.07, 6.45) is 0.744. The molecule has 22 heavy (non-hydrogen) atoms. The minimum Gasteiger partial charge on any atom is -0.497 e. The summed E-state index contributed by atoms with van der Waals surface area (Å²) in [4.78, 5) is 21.8. The summed E-state index contributed by atoms with van der Waals surface area (Å²) in [6, 6.07) is 7.28. The summed E-state index contributed by atoms with van der Waals surface area (Å²) in [6.45, 7) is 2.91. The largest absolute Gasteiger partial charge is 0.497 e. The van der Waals surface area contributed by atoms with Gasteiger partial charge in [0.05, 0.1) is 31.1 Å². The topological polar surface area (TPSA) is 84.2 Å². The van der Waals surface area contributed by atoms with Gasteiger partial charge >= 0.3 is 0 Å². The highest BCUT2D eigenvalue weighted by Gasteiger charge is 2.25. The fraction of sp³-hybridized carbons (Fsp3) is 0.375. The lowest BCUT2D eigenvalue weighted by molar-refractivity contribution is -0.133. The fourth-order valence-corrected chi connectivity index (χ4v) is 2.68. The lowest BCUT2D eigenvalue weighted by Gasteiger charge is -2.27. The van der Waals surface area contributed by atoms with Crippen LogP contribution < -0.4 is 10.5 Å². The predicted octanol–water partition coefficient (Wildman–Crippen LogP) is 1.32. The lowest BCUT2D eigenvalue weighted by Crippen LogP contribution is -2.44. The van der Waals surface area contributed by atoms with Gasteiger partial charge in [-0.25, -0.2) is 4.98 Å². The van der Waals surface area contributed by atoms with Crippen LogP contribution in [0.4, 0.5) is 0 Å². The first-order valence-electron chi connectivity index (χ1n) is 7.35. The molecular formula is C16H20N4O2. The van der Waals surface area contributed by atoms with E-state index in [1.165, 1.54) is 0 Å². The number of ether oxygens (including phenoxy) is 1. The maximum Gasteiger partial charge on any atom is 0.239 e. The molecule has 3 N–H and O–H groups in total. The molecule has 0 fully saturated rings. The number of H-pyrrole nitrogens is 1. The van der Waals surface area contributed by atoms with Crippen molar-refractivity contribution in [2.45, 2.75) is 25.9 Å². The van der Waals surface area contributed by atoms with Crippen LogP contribution in [0, 0.1) is 0 Å². The Balaban J connectivity index is 1.86. The van der Waals surface area contributed by atoms with Crippen molar-refractivity contribution in [2.24, 2.45) is 5.73 Å². The van der Waals surface area contributed by atoms with Crippen LogP contribution in [0.25, 0.3) is 11.4 Å². The first-order chi connectivity index (χ1) is 10.6. The van der Waals surface area contributed by atoms with Gasteiger partial charge in [0.1, 0.15) is 11.6 Å². The number of carbonyl (C=O) groups excluding carboxylic acids is 1. The van der Waals surface area contributed by atoms with E-state index >= 15 is 0 Å². The molecule has 0 saturated heterocycles. The SMILES string of the molecule is COc1cccc(-c2nc3c([nH]2)CN(C(=O)[C@@H](C)N)CC3)c1. The second-order valence-electron chi connectivity index (χ2n) is 5.54. The molecule has 6 nitrogen and oxygen atoms in total. The lowest BCUT2D eigenvalue weighted by atomic mass is 10.1. The number of hydrogen-bond donors (Lipinski definition) is 2. The monoisotopic (exact) mass is 300 g/mol. The van der Waals surface area contributed by atoms with E-state index in [0.29, 0.717) is 13.1 Å². The average Bonchev–Trinajstić information content (AvgIpc) is 2.97. The Morgan fingerprint density at radius 3 is 3.05 bits per heavy atom. The van der Waals surface area contributed by atoms with Crippen LogP contribution in [0.15, 0.2) is 24.3 Å². The van der Waals surface area contributed by atoms with Gasteiger partial charge < -0.3 is 20.4 Å². The van der Waals surface area contributed by atoms with Gasteiger partial charge in [0.15, 0.2) is 0 Å². The third-order valence-electron chi connectivity index (χ3n) is 3.88. The van der Waals surface area contributed by atoms with Crippen LogP contribution in [0.1, 0.15) is 18.3 Å². The minimum absolute atomic E-state index is 0.0248. The van der Waals surface area contributed by atoms with Gasteiger partial charge in [-0.2, -0.15) is 0 Å². The number of hydrogen-bond acceptors (Lipinski definition) is 4. The van der Waals surface area contributed by atoms with E-state index in [1.807, 2.05) is 24.3 Å². The Labute approximate surface area is 129 Å². The highest BCUT2D eigenvalue weighted by atomic mass is 16.5. The Morgan fingerprint density at radius 2 is 2.32 bits per heavy atom. The number of carbonyl (C=O) groups is 1. The van der Waals surface area contributed by atoms with E-state index < -0.39 is 6.04 Å². The smallest absolute Gasteiger partial charge is 0.239 e. The highest BCUT2D eigenvalue weighted by molar-refractivity contribution is 5.81. The number of rotatable bonds is 3. The number of methoxy groups -OCH3 is 1. The van der Waals surface area contributed by atoms with Crippen LogP contribution in [-0.4, -0.2) is 40.5 Å². The van der Waals surface area contributed by atoms with Crippen LogP contribution >= 0.6 is 0 Å². The number of amides is 1. The summed E-state index contributed by atoms with van der Waals surface area (Å²) >= 11 is 0. The second kappa shape index (κ2) is 5.81. The van der Waals surface area contributed by atoms with Crippen molar-refractivity contribution < 1.29 is 9.53 Å². The summed E-state index contributed by atoms with van der Waals surface area (Å²) in [5, 5.41) is 0. The second-order valence-corrected chi connectivity index (χ2v) is 5.54. The zero-order valence-corrected chi connectivity index (χ0v) is 12.8. The van der Waals surface area contributed by atoms with Gasteiger partial charge in [0.2, 0.25) is 5.91 Å². The van der Waals surface area contributed by atoms with E-state index in [0.717, 1.165) is 34.9 Å².